The molecule has 0 fully saturated rings. The van der Waals surface area contributed by atoms with Gasteiger partial charge in [0.15, 0.2) is 5.69 Å². The fourth-order valence-corrected chi connectivity index (χ4v) is 2.04. The summed E-state index contributed by atoms with van der Waals surface area (Å²) in [4.78, 5) is 10.9. The highest BCUT2D eigenvalue weighted by Crippen LogP contribution is 2.34. The molecule has 0 saturated heterocycles. The van der Waals surface area contributed by atoms with Gasteiger partial charge in [-0.05, 0) is 30.7 Å². The molecule has 0 aliphatic rings. The number of aromatic hydroxyl groups is 1. The average Bonchev–Trinajstić information content (AvgIpc) is 2.66. The normalized spacial score (nSPS) is 10.6. The van der Waals surface area contributed by atoms with Gasteiger partial charge in [-0.2, -0.15) is 5.10 Å². The average molecular weight is 311 g/mol. The van der Waals surface area contributed by atoms with Crippen molar-refractivity contribution in [3.8, 4) is 17.0 Å². The summed E-state index contributed by atoms with van der Waals surface area (Å²) in [6, 6.07) is 4.79. The number of aromatic carboxylic acids is 1. The molecule has 5 nitrogen and oxygen atoms in total. The second-order valence-electron chi connectivity index (χ2n) is 3.96. The van der Waals surface area contributed by atoms with Crippen molar-refractivity contribution < 1.29 is 15.0 Å². The van der Waals surface area contributed by atoms with Crippen molar-refractivity contribution in [2.24, 2.45) is 7.05 Å². The minimum Gasteiger partial charge on any atom is -0.507 e. The molecule has 0 bridgehead atoms. The Kier molecular flexibility index (Phi) is 3.13. The molecule has 1 aromatic heterocycles. The first-order chi connectivity index (χ1) is 8.40. The van der Waals surface area contributed by atoms with Crippen LogP contribution in [0.5, 0.6) is 5.75 Å². The topological polar surface area (TPSA) is 75.3 Å². The smallest absolute Gasteiger partial charge is 0.356 e. The van der Waals surface area contributed by atoms with E-state index in [9.17, 15) is 9.90 Å². The van der Waals surface area contributed by atoms with Crippen molar-refractivity contribution in [1.82, 2.24) is 9.78 Å². The van der Waals surface area contributed by atoms with Crippen LogP contribution in [0.15, 0.2) is 22.7 Å². The van der Waals surface area contributed by atoms with Gasteiger partial charge >= 0.3 is 5.97 Å². The number of benzene rings is 1. The van der Waals surface area contributed by atoms with E-state index in [1.54, 1.807) is 19.2 Å². The number of hydrogen-bond acceptors (Lipinski definition) is 3. The van der Waals surface area contributed by atoms with Crippen LogP contribution in [-0.2, 0) is 7.05 Å². The predicted octanol–water partition coefficient (Wildman–Crippen LogP) is 2.56. The summed E-state index contributed by atoms with van der Waals surface area (Å²) in [6.07, 6.45) is 0. The fraction of sp³-hybridized carbons (Fsp3) is 0.167. The zero-order valence-corrected chi connectivity index (χ0v) is 11.4. The molecule has 0 saturated carbocycles. The predicted molar refractivity (Wildman–Crippen MR) is 69.7 cm³/mol. The van der Waals surface area contributed by atoms with Crippen LogP contribution in [0.4, 0.5) is 0 Å². The second kappa shape index (κ2) is 4.45. The van der Waals surface area contributed by atoms with Crippen LogP contribution in [0, 0.1) is 6.92 Å². The van der Waals surface area contributed by atoms with Crippen molar-refractivity contribution in [3.05, 3.63) is 33.9 Å². The Hall–Kier alpha value is -1.82. The zero-order chi connectivity index (χ0) is 13.4. The maximum atomic E-state index is 10.9. The number of aromatic nitrogens is 2. The highest BCUT2D eigenvalue weighted by molar-refractivity contribution is 9.10. The Balaban J connectivity index is 2.62. The van der Waals surface area contributed by atoms with Crippen LogP contribution in [0.25, 0.3) is 11.3 Å². The van der Waals surface area contributed by atoms with E-state index in [-0.39, 0.29) is 11.4 Å². The maximum absolute atomic E-state index is 10.9. The molecule has 0 unspecified atom stereocenters. The number of carbonyl (C=O) groups is 1. The Bertz CT molecular complexity index is 634. The zero-order valence-electron chi connectivity index (χ0n) is 9.81. The molecule has 1 heterocycles. The van der Waals surface area contributed by atoms with Gasteiger partial charge in [0.2, 0.25) is 0 Å². The van der Waals surface area contributed by atoms with Crippen LogP contribution in [-0.4, -0.2) is 26.0 Å². The van der Waals surface area contributed by atoms with Crippen molar-refractivity contribution in [2.45, 2.75) is 6.92 Å². The summed E-state index contributed by atoms with van der Waals surface area (Å²) in [5, 5.41) is 22.7. The largest absolute Gasteiger partial charge is 0.507 e. The van der Waals surface area contributed by atoms with Crippen LogP contribution in [0.3, 0.4) is 0 Å². The maximum Gasteiger partial charge on any atom is 0.356 e. The number of nitrogens with zero attached hydrogens (tertiary/aromatic N) is 2. The summed E-state index contributed by atoms with van der Waals surface area (Å²) >= 11 is 3.38. The molecule has 0 amide bonds. The molecule has 0 spiro atoms. The monoisotopic (exact) mass is 310 g/mol. The van der Waals surface area contributed by atoms with E-state index in [0.717, 1.165) is 10.0 Å². The number of hydrogen-bond donors (Lipinski definition) is 2. The van der Waals surface area contributed by atoms with Crippen molar-refractivity contribution in [3.63, 3.8) is 0 Å². The number of aryl methyl sites for hydroxylation is 2. The van der Waals surface area contributed by atoms with Gasteiger partial charge in [-0.15, -0.1) is 0 Å². The first kappa shape index (κ1) is 12.6. The Morgan fingerprint density at radius 2 is 2.06 bits per heavy atom. The van der Waals surface area contributed by atoms with Crippen molar-refractivity contribution >= 4 is 21.9 Å². The van der Waals surface area contributed by atoms with E-state index >= 15 is 0 Å². The quantitative estimate of drug-likeness (QED) is 0.894. The van der Waals surface area contributed by atoms with Gasteiger partial charge in [-0.3, -0.25) is 4.68 Å². The van der Waals surface area contributed by atoms with Crippen molar-refractivity contribution in [1.29, 1.82) is 0 Å². The number of phenolic OH excluding ortho intramolecular Hbond substituents is 1. The summed E-state index contributed by atoms with van der Waals surface area (Å²) in [5.74, 6) is -1.00. The van der Waals surface area contributed by atoms with Gasteiger partial charge in [-0.1, -0.05) is 15.9 Å². The first-order valence-corrected chi connectivity index (χ1v) is 5.96. The van der Waals surface area contributed by atoms with E-state index in [1.165, 1.54) is 10.7 Å². The molecule has 94 valence electrons. The molecular weight excluding hydrogens is 300 g/mol. The highest BCUT2D eigenvalue weighted by Gasteiger charge is 2.16. The first-order valence-electron chi connectivity index (χ1n) is 5.17. The molecule has 0 atom stereocenters. The minimum atomic E-state index is -1.09. The van der Waals surface area contributed by atoms with E-state index in [2.05, 4.69) is 21.0 Å². The molecule has 18 heavy (non-hydrogen) atoms. The second-order valence-corrected chi connectivity index (χ2v) is 4.82. The van der Waals surface area contributed by atoms with E-state index in [1.807, 2.05) is 6.92 Å². The van der Waals surface area contributed by atoms with E-state index in [4.69, 9.17) is 5.11 Å². The molecular formula is C12H11BrN2O3. The molecule has 0 radical (unpaired) electrons. The number of carboxylic acid groups (broad SMARTS) is 1. The van der Waals surface area contributed by atoms with Gasteiger partial charge in [-0.25, -0.2) is 4.79 Å². The lowest BCUT2D eigenvalue weighted by Crippen LogP contribution is -1.99. The Labute approximate surface area is 112 Å². The summed E-state index contributed by atoms with van der Waals surface area (Å²) in [5.41, 5.74) is 1.93. The van der Waals surface area contributed by atoms with Crippen LogP contribution in [0.1, 0.15) is 16.1 Å². The van der Waals surface area contributed by atoms with Crippen LogP contribution in [0.2, 0.25) is 0 Å². The number of carboxylic acids is 1. The molecule has 2 N–H and O–H groups in total. The lowest BCUT2D eigenvalue weighted by molar-refractivity contribution is 0.0689. The Morgan fingerprint density at radius 1 is 1.39 bits per heavy atom. The fourth-order valence-electron chi connectivity index (χ4n) is 1.70. The number of halogens is 1. The highest BCUT2D eigenvalue weighted by atomic mass is 79.9. The number of phenols is 1. The SMILES string of the molecule is Cc1cc(O)c(-c2cc(C(=O)O)nn2C)cc1Br. The lowest BCUT2D eigenvalue weighted by Gasteiger charge is -2.07. The van der Waals surface area contributed by atoms with Gasteiger partial charge in [0, 0.05) is 17.1 Å². The van der Waals surface area contributed by atoms with Gasteiger partial charge < -0.3 is 10.2 Å². The standard InChI is InChI=1S/C12H11BrN2O3/c1-6-3-11(16)7(4-8(6)13)10-5-9(12(17)18)14-15(10)2/h3-5,16H,1-2H3,(H,17,18). The molecule has 0 aliphatic carbocycles. The van der Waals surface area contributed by atoms with E-state index < -0.39 is 5.97 Å². The molecule has 0 aliphatic heterocycles. The van der Waals surface area contributed by atoms with E-state index in [0.29, 0.717) is 11.3 Å². The van der Waals surface area contributed by atoms with Crippen LogP contribution < -0.4 is 0 Å². The molecule has 2 rings (SSSR count). The molecule has 6 heteroatoms. The third-order valence-electron chi connectivity index (χ3n) is 2.65. The van der Waals surface area contributed by atoms with Gasteiger partial charge in [0.05, 0.1) is 5.69 Å². The summed E-state index contributed by atoms with van der Waals surface area (Å²) in [6.45, 7) is 1.86. The summed E-state index contributed by atoms with van der Waals surface area (Å²) in [7, 11) is 1.63. The van der Waals surface area contributed by atoms with Gasteiger partial charge in [0.1, 0.15) is 5.75 Å². The minimum absolute atomic E-state index is 0.0522. The third-order valence-corrected chi connectivity index (χ3v) is 3.51. The van der Waals surface area contributed by atoms with Crippen LogP contribution >= 0.6 is 15.9 Å². The number of rotatable bonds is 2. The van der Waals surface area contributed by atoms with Gasteiger partial charge in [0.25, 0.3) is 0 Å². The summed E-state index contributed by atoms with van der Waals surface area (Å²) < 4.78 is 2.27. The molecule has 2 aromatic rings. The lowest BCUT2D eigenvalue weighted by atomic mass is 10.1. The Morgan fingerprint density at radius 3 is 2.61 bits per heavy atom. The third kappa shape index (κ3) is 2.11. The van der Waals surface area contributed by atoms with Crippen molar-refractivity contribution in [2.75, 3.05) is 0 Å². The molecule has 1 aromatic carbocycles.